The van der Waals surface area contributed by atoms with Gasteiger partial charge in [0.05, 0.1) is 17.4 Å². The lowest BCUT2D eigenvalue weighted by Crippen LogP contribution is -2.14. The minimum Gasteiger partial charge on any atom is -0.457 e. The van der Waals surface area contributed by atoms with E-state index in [0.717, 1.165) is 5.69 Å². The largest absolute Gasteiger partial charge is 0.457 e. The highest BCUT2D eigenvalue weighted by atomic mass is 32.1. The Morgan fingerprint density at radius 3 is 2.77 bits per heavy atom. The number of benzene rings is 2. The van der Waals surface area contributed by atoms with Crippen LogP contribution in [-0.4, -0.2) is 16.0 Å². The Morgan fingerprint density at radius 1 is 1.31 bits per heavy atom. The predicted octanol–water partition coefficient (Wildman–Crippen LogP) is 4.13. The summed E-state index contributed by atoms with van der Waals surface area (Å²) < 4.78 is 5.86. The van der Waals surface area contributed by atoms with Crippen LogP contribution in [0.25, 0.3) is 0 Å². The number of para-hydroxylation sites is 1. The molecule has 1 heterocycles. The first-order chi connectivity index (χ1) is 12.4. The van der Waals surface area contributed by atoms with Crippen LogP contribution in [0.1, 0.15) is 34.6 Å². The van der Waals surface area contributed by atoms with Gasteiger partial charge in [0.25, 0.3) is 5.91 Å². The second-order valence-electron chi connectivity index (χ2n) is 5.81. The molecule has 2 aromatic carbocycles. The van der Waals surface area contributed by atoms with Crippen LogP contribution in [0.5, 0.6) is 11.5 Å². The number of carbonyl (C=O) groups is 1. The number of aryl methyl sites for hydroxylation is 1. The zero-order chi connectivity index (χ0) is 18.7. The maximum atomic E-state index is 12.5. The number of nitrogens with zero attached hydrogens (tertiary/aromatic N) is 1. The van der Waals surface area contributed by atoms with Gasteiger partial charge in [-0.2, -0.15) is 0 Å². The van der Waals surface area contributed by atoms with Gasteiger partial charge in [0.2, 0.25) is 0 Å². The third-order valence-electron chi connectivity index (χ3n) is 3.71. The Balaban J connectivity index is 1.85. The molecule has 0 saturated heterocycles. The second-order valence-corrected chi connectivity index (χ2v) is 6.67. The van der Waals surface area contributed by atoms with E-state index in [1.165, 1.54) is 11.3 Å². The van der Waals surface area contributed by atoms with Crippen molar-refractivity contribution in [3.63, 3.8) is 0 Å². The lowest BCUT2D eigenvalue weighted by atomic mass is 10.1. The lowest BCUT2D eigenvalue weighted by molar-refractivity contribution is 0.102. The van der Waals surface area contributed by atoms with Gasteiger partial charge in [0.1, 0.15) is 11.5 Å². The Morgan fingerprint density at radius 2 is 2.08 bits per heavy atom. The summed E-state index contributed by atoms with van der Waals surface area (Å²) in [4.78, 5) is 16.7. The minimum atomic E-state index is -0.670. The van der Waals surface area contributed by atoms with E-state index in [4.69, 9.17) is 10.5 Å². The van der Waals surface area contributed by atoms with Gasteiger partial charge in [-0.15, -0.1) is 11.3 Å². The number of carbonyl (C=O) groups excluding carboxylic acids is 1. The number of hydrogen-bond donors (Lipinski definition) is 3. The average Bonchev–Trinajstić information content (AvgIpc) is 3.01. The summed E-state index contributed by atoms with van der Waals surface area (Å²) in [6.07, 6.45) is -0.670. The monoisotopic (exact) mass is 369 g/mol. The van der Waals surface area contributed by atoms with Crippen LogP contribution in [-0.2, 0) is 0 Å². The molecule has 3 rings (SSSR count). The molecule has 0 aliphatic carbocycles. The molecule has 0 aliphatic heterocycles. The van der Waals surface area contributed by atoms with Crippen LogP contribution in [0.3, 0.4) is 0 Å². The van der Waals surface area contributed by atoms with Gasteiger partial charge in [0, 0.05) is 16.6 Å². The van der Waals surface area contributed by atoms with Crippen LogP contribution in [0.4, 0.5) is 10.8 Å². The molecule has 0 aliphatic rings. The lowest BCUT2D eigenvalue weighted by Gasteiger charge is -2.14. The van der Waals surface area contributed by atoms with Gasteiger partial charge in [0.15, 0.2) is 5.13 Å². The number of aliphatic hydroxyl groups is 1. The Labute approximate surface area is 155 Å². The van der Waals surface area contributed by atoms with E-state index < -0.39 is 6.10 Å². The highest BCUT2D eigenvalue weighted by Crippen LogP contribution is 2.31. The molecule has 6 nitrogen and oxygen atoms in total. The third-order valence-corrected chi connectivity index (χ3v) is 4.58. The number of aromatic nitrogens is 1. The highest BCUT2D eigenvalue weighted by Gasteiger charge is 2.15. The van der Waals surface area contributed by atoms with Crippen LogP contribution in [0.2, 0.25) is 0 Å². The number of nitrogen functional groups attached to an aromatic ring is 1. The molecular formula is C19H19N3O3S. The molecule has 1 aromatic heterocycles. The van der Waals surface area contributed by atoms with Crippen LogP contribution < -0.4 is 15.8 Å². The summed E-state index contributed by atoms with van der Waals surface area (Å²) in [7, 11) is 0. The SMILES string of the molecule is Cc1csc(NC(=O)c2cc(Oc3ccccc3C(C)O)ccc2N)n1. The molecule has 1 unspecified atom stereocenters. The first-order valence-corrected chi connectivity index (χ1v) is 8.90. The van der Waals surface area contributed by atoms with E-state index in [1.54, 1.807) is 37.3 Å². The molecule has 0 spiro atoms. The molecule has 0 radical (unpaired) electrons. The first-order valence-electron chi connectivity index (χ1n) is 8.02. The molecule has 0 fully saturated rings. The number of nitrogens with two attached hydrogens (primary N) is 1. The average molecular weight is 369 g/mol. The summed E-state index contributed by atoms with van der Waals surface area (Å²) in [5.41, 5.74) is 8.08. The summed E-state index contributed by atoms with van der Waals surface area (Å²) in [5.74, 6) is 0.619. The smallest absolute Gasteiger partial charge is 0.259 e. The number of rotatable bonds is 5. The highest BCUT2D eigenvalue weighted by molar-refractivity contribution is 7.13. The van der Waals surface area contributed by atoms with Crippen molar-refractivity contribution in [2.24, 2.45) is 0 Å². The topological polar surface area (TPSA) is 97.5 Å². The van der Waals surface area contributed by atoms with Crippen molar-refractivity contribution in [1.29, 1.82) is 0 Å². The number of nitrogens with one attached hydrogen (secondary N) is 1. The second kappa shape index (κ2) is 7.55. The quantitative estimate of drug-likeness (QED) is 0.588. The number of ether oxygens (including phenoxy) is 1. The molecule has 1 amide bonds. The van der Waals surface area contributed by atoms with Crippen molar-refractivity contribution in [3.8, 4) is 11.5 Å². The summed E-state index contributed by atoms with van der Waals surface area (Å²) >= 11 is 1.35. The Kier molecular flexibility index (Phi) is 5.20. The van der Waals surface area contributed by atoms with Crippen LogP contribution in [0.15, 0.2) is 47.8 Å². The maximum absolute atomic E-state index is 12.5. The van der Waals surface area contributed by atoms with Gasteiger partial charge in [-0.25, -0.2) is 4.98 Å². The van der Waals surface area contributed by atoms with E-state index in [1.807, 2.05) is 24.4 Å². The standard InChI is InChI=1S/C19H19N3O3S/c1-11-10-26-19(21-11)22-18(24)15-9-13(7-8-16(15)20)25-17-6-4-3-5-14(17)12(2)23/h3-10,12,23H,20H2,1-2H3,(H,21,22,24). The summed E-state index contributed by atoms with van der Waals surface area (Å²) in [6.45, 7) is 3.52. The normalized spacial score (nSPS) is 11.8. The number of aliphatic hydroxyl groups excluding tert-OH is 1. The van der Waals surface area contributed by atoms with Crippen molar-refractivity contribution >= 4 is 28.1 Å². The summed E-state index contributed by atoms with van der Waals surface area (Å²) in [6, 6.07) is 12.1. The van der Waals surface area contributed by atoms with Crippen molar-refractivity contribution < 1.29 is 14.6 Å². The number of anilines is 2. The van der Waals surface area contributed by atoms with Crippen molar-refractivity contribution in [1.82, 2.24) is 4.98 Å². The molecule has 7 heteroatoms. The molecule has 0 bridgehead atoms. The summed E-state index contributed by atoms with van der Waals surface area (Å²) in [5, 5.41) is 15.0. The number of hydrogen-bond acceptors (Lipinski definition) is 6. The predicted molar refractivity (Wildman–Crippen MR) is 103 cm³/mol. The van der Waals surface area contributed by atoms with Gasteiger partial charge in [-0.1, -0.05) is 18.2 Å². The van der Waals surface area contributed by atoms with E-state index in [9.17, 15) is 9.90 Å². The zero-order valence-corrected chi connectivity index (χ0v) is 15.2. The van der Waals surface area contributed by atoms with Crippen LogP contribution >= 0.6 is 11.3 Å². The third kappa shape index (κ3) is 4.01. The van der Waals surface area contributed by atoms with E-state index >= 15 is 0 Å². The molecule has 1 atom stereocenters. The maximum Gasteiger partial charge on any atom is 0.259 e. The van der Waals surface area contributed by atoms with Crippen molar-refractivity contribution in [3.05, 3.63) is 64.7 Å². The van der Waals surface area contributed by atoms with E-state index in [2.05, 4.69) is 10.3 Å². The van der Waals surface area contributed by atoms with Gasteiger partial charge in [-0.3, -0.25) is 10.1 Å². The Bertz CT molecular complexity index is 937. The Hall–Kier alpha value is -2.90. The van der Waals surface area contributed by atoms with Gasteiger partial charge in [-0.05, 0) is 38.1 Å². The zero-order valence-electron chi connectivity index (χ0n) is 14.4. The van der Waals surface area contributed by atoms with Gasteiger partial charge >= 0.3 is 0 Å². The van der Waals surface area contributed by atoms with Crippen LogP contribution in [0, 0.1) is 6.92 Å². The van der Waals surface area contributed by atoms with Gasteiger partial charge < -0.3 is 15.6 Å². The molecule has 26 heavy (non-hydrogen) atoms. The molecule has 134 valence electrons. The minimum absolute atomic E-state index is 0.296. The number of thiazole rings is 1. The molecule has 4 N–H and O–H groups in total. The fourth-order valence-electron chi connectivity index (χ4n) is 2.42. The number of amides is 1. The van der Waals surface area contributed by atoms with Crippen molar-refractivity contribution in [2.45, 2.75) is 20.0 Å². The fourth-order valence-corrected chi connectivity index (χ4v) is 3.10. The van der Waals surface area contributed by atoms with E-state index in [-0.39, 0.29) is 5.91 Å². The first kappa shape index (κ1) is 17.9. The fraction of sp³-hybridized carbons (Fsp3) is 0.158. The molecule has 3 aromatic rings. The molecule has 0 saturated carbocycles. The van der Waals surface area contributed by atoms with E-state index in [0.29, 0.717) is 33.4 Å². The molecular weight excluding hydrogens is 350 g/mol. The van der Waals surface area contributed by atoms with Crippen molar-refractivity contribution in [2.75, 3.05) is 11.1 Å².